The van der Waals surface area contributed by atoms with Crippen LogP contribution in [0.1, 0.15) is 16.1 Å². The molecule has 0 aliphatic carbocycles. The van der Waals surface area contributed by atoms with Crippen molar-refractivity contribution in [2.75, 3.05) is 18.9 Å². The maximum Gasteiger partial charge on any atom is 0.247 e. The summed E-state index contributed by atoms with van der Waals surface area (Å²) in [7, 11) is 0. The van der Waals surface area contributed by atoms with Crippen molar-refractivity contribution < 1.29 is 14.3 Å². The van der Waals surface area contributed by atoms with E-state index in [0.717, 1.165) is 33.5 Å². The van der Waals surface area contributed by atoms with Crippen LogP contribution in [-0.4, -0.2) is 35.5 Å². The zero-order valence-electron chi connectivity index (χ0n) is 17.2. The lowest BCUT2D eigenvalue weighted by Crippen LogP contribution is -2.19. The van der Waals surface area contributed by atoms with Gasteiger partial charge < -0.3 is 15.2 Å². The average molecular weight is 516 g/mol. The number of hydrogen-bond acceptors (Lipinski definition) is 8. The lowest BCUT2D eigenvalue weighted by molar-refractivity contribution is -0.120. The molecule has 0 aliphatic heterocycles. The Hall–Kier alpha value is -3.24. The summed E-state index contributed by atoms with van der Waals surface area (Å²) in [5.41, 5.74) is 9.76. The first kappa shape index (κ1) is 23.4. The minimum Gasteiger partial charge on any atom is -0.490 e. The van der Waals surface area contributed by atoms with Crippen LogP contribution >= 0.6 is 27.3 Å². The summed E-state index contributed by atoms with van der Waals surface area (Å²) in [5, 5.41) is 12.4. The zero-order valence-corrected chi connectivity index (χ0v) is 19.6. The Morgan fingerprint density at radius 2 is 1.97 bits per heavy atom. The van der Waals surface area contributed by atoms with E-state index in [2.05, 4.69) is 43.2 Å². The van der Waals surface area contributed by atoms with Gasteiger partial charge in [-0.3, -0.25) is 4.79 Å². The number of nitrogens with one attached hydrogen (secondary N) is 1. The Morgan fingerprint density at radius 1 is 1.19 bits per heavy atom. The lowest BCUT2D eigenvalue weighted by atomic mass is 10.1. The van der Waals surface area contributed by atoms with Crippen molar-refractivity contribution in [1.82, 2.24) is 15.6 Å². The van der Waals surface area contributed by atoms with Crippen LogP contribution in [0.5, 0.6) is 11.5 Å². The van der Waals surface area contributed by atoms with Crippen molar-refractivity contribution in [3.63, 3.8) is 0 Å². The third-order valence-corrected chi connectivity index (χ3v) is 5.34. The molecule has 3 rings (SSSR count). The molecule has 1 heterocycles. The molecule has 0 saturated carbocycles. The van der Waals surface area contributed by atoms with Gasteiger partial charge in [0.25, 0.3) is 0 Å². The van der Waals surface area contributed by atoms with Crippen molar-refractivity contribution in [2.45, 2.75) is 12.8 Å². The fourth-order valence-electron chi connectivity index (χ4n) is 2.71. The molecule has 0 saturated heterocycles. The third-order valence-electron chi connectivity index (χ3n) is 4.09. The first-order chi connectivity index (χ1) is 15.5. The molecule has 0 unspecified atom stereocenters. The number of nitrogens with zero attached hydrogens (tertiary/aromatic N) is 3. The minimum absolute atomic E-state index is 0.0543. The van der Waals surface area contributed by atoms with Crippen molar-refractivity contribution >= 4 is 44.5 Å². The number of ether oxygens (including phenoxy) is 2. The normalized spacial score (nSPS) is 10.8. The molecule has 1 aromatic heterocycles. The number of rotatable bonds is 11. The Labute approximate surface area is 198 Å². The second-order valence-electron chi connectivity index (χ2n) is 6.48. The molecule has 166 valence electrons. The fraction of sp³-hybridized carbons (Fsp3) is 0.182. The highest BCUT2D eigenvalue weighted by Crippen LogP contribution is 2.22. The molecule has 8 nitrogen and oxygen atoms in total. The van der Waals surface area contributed by atoms with Crippen LogP contribution < -0.4 is 20.6 Å². The van der Waals surface area contributed by atoms with Crippen LogP contribution in [0.15, 0.2) is 64.7 Å². The van der Waals surface area contributed by atoms with Crippen molar-refractivity contribution in [2.24, 2.45) is 5.10 Å². The standard InChI is InChI=1S/C22H22BrN5O3S/c1-2-5-15-6-3-4-7-18(15)30-10-11-31-19-9-8-17(23)12-16(19)14-25-26-20(29)13-21-27-28-22(24)32-21/h2-4,6-9,12,14H,1,5,10-11,13H2,(H2,24,28)(H,26,29)/b25-14-. The minimum atomic E-state index is -0.318. The molecular weight excluding hydrogens is 494 g/mol. The number of allylic oxidation sites excluding steroid dienone is 1. The van der Waals surface area contributed by atoms with E-state index >= 15 is 0 Å². The first-order valence-corrected chi connectivity index (χ1v) is 11.3. The monoisotopic (exact) mass is 515 g/mol. The van der Waals surface area contributed by atoms with Crippen molar-refractivity contribution in [3.8, 4) is 11.5 Å². The largest absolute Gasteiger partial charge is 0.490 e. The Balaban J connectivity index is 1.53. The van der Waals surface area contributed by atoms with E-state index in [0.29, 0.717) is 34.7 Å². The topological polar surface area (TPSA) is 112 Å². The highest BCUT2D eigenvalue weighted by atomic mass is 79.9. The maximum absolute atomic E-state index is 12.0. The average Bonchev–Trinajstić information content (AvgIpc) is 3.18. The number of carbonyl (C=O) groups excluding carboxylic acids is 1. The molecule has 1 amide bonds. The van der Waals surface area contributed by atoms with E-state index in [4.69, 9.17) is 15.2 Å². The van der Waals surface area contributed by atoms with Crippen molar-refractivity contribution in [3.05, 3.63) is 75.7 Å². The number of aromatic nitrogens is 2. The van der Waals surface area contributed by atoms with Crippen LogP contribution in [0, 0.1) is 0 Å². The van der Waals surface area contributed by atoms with E-state index in [1.54, 1.807) is 0 Å². The molecule has 0 radical (unpaired) electrons. The van der Waals surface area contributed by atoms with Gasteiger partial charge in [-0.25, -0.2) is 5.43 Å². The number of amides is 1. The molecule has 0 spiro atoms. The summed E-state index contributed by atoms with van der Waals surface area (Å²) in [6, 6.07) is 13.4. The van der Waals surface area contributed by atoms with Gasteiger partial charge in [-0.1, -0.05) is 51.5 Å². The highest BCUT2D eigenvalue weighted by molar-refractivity contribution is 9.10. The van der Waals surface area contributed by atoms with Crippen LogP contribution in [0.4, 0.5) is 5.13 Å². The van der Waals surface area contributed by atoms with E-state index < -0.39 is 0 Å². The van der Waals surface area contributed by atoms with Gasteiger partial charge in [-0.05, 0) is 36.2 Å². The lowest BCUT2D eigenvalue weighted by Gasteiger charge is -2.12. The maximum atomic E-state index is 12.0. The van der Waals surface area contributed by atoms with E-state index in [-0.39, 0.29) is 12.3 Å². The number of para-hydroxylation sites is 1. The van der Waals surface area contributed by atoms with Crippen LogP contribution in [0.3, 0.4) is 0 Å². The number of hydrazone groups is 1. The van der Waals surface area contributed by atoms with Crippen molar-refractivity contribution in [1.29, 1.82) is 0 Å². The number of anilines is 1. The van der Waals surface area contributed by atoms with Gasteiger partial charge in [-0.15, -0.1) is 16.8 Å². The molecule has 3 N–H and O–H groups in total. The summed E-state index contributed by atoms with van der Waals surface area (Å²) in [5.74, 6) is 1.11. The number of carbonyl (C=O) groups is 1. The summed E-state index contributed by atoms with van der Waals surface area (Å²) in [4.78, 5) is 12.0. The molecule has 0 aliphatic rings. The van der Waals surface area contributed by atoms with Gasteiger partial charge in [0.05, 0.1) is 12.6 Å². The third kappa shape index (κ3) is 7.17. The SMILES string of the molecule is C=CCc1ccccc1OCCOc1ccc(Br)cc1/C=N\NC(=O)Cc1nnc(N)s1. The highest BCUT2D eigenvalue weighted by Gasteiger charge is 2.08. The van der Waals surface area contributed by atoms with Gasteiger partial charge in [0, 0.05) is 10.0 Å². The van der Waals surface area contributed by atoms with E-state index in [1.165, 1.54) is 6.21 Å². The second-order valence-corrected chi connectivity index (χ2v) is 8.49. The van der Waals surface area contributed by atoms with E-state index in [1.807, 2.05) is 48.5 Å². The number of benzene rings is 2. The second kappa shape index (κ2) is 12.0. The molecule has 10 heteroatoms. The molecule has 0 fully saturated rings. The number of halogens is 1. The molecule has 0 atom stereocenters. The molecule has 3 aromatic rings. The predicted molar refractivity (Wildman–Crippen MR) is 129 cm³/mol. The first-order valence-electron chi connectivity index (χ1n) is 9.69. The summed E-state index contributed by atoms with van der Waals surface area (Å²) in [6.45, 7) is 4.49. The number of hydrogen-bond donors (Lipinski definition) is 2. The Kier molecular flexibility index (Phi) is 8.76. The predicted octanol–water partition coefficient (Wildman–Crippen LogP) is 3.76. The molecular formula is C22H22BrN5O3S. The molecule has 2 aromatic carbocycles. The van der Waals surface area contributed by atoms with Gasteiger partial charge in [0.1, 0.15) is 29.7 Å². The van der Waals surface area contributed by atoms with Crippen LogP contribution in [0.2, 0.25) is 0 Å². The number of nitrogens with two attached hydrogens (primary N) is 1. The summed E-state index contributed by atoms with van der Waals surface area (Å²) < 4.78 is 12.6. The van der Waals surface area contributed by atoms with Gasteiger partial charge in [0.2, 0.25) is 11.0 Å². The molecule has 0 bridgehead atoms. The summed E-state index contributed by atoms with van der Waals surface area (Å²) in [6.07, 6.45) is 4.15. The van der Waals surface area contributed by atoms with E-state index in [9.17, 15) is 4.79 Å². The van der Waals surface area contributed by atoms with Crippen LogP contribution in [-0.2, 0) is 17.6 Å². The Morgan fingerprint density at radius 3 is 2.72 bits per heavy atom. The summed E-state index contributed by atoms with van der Waals surface area (Å²) >= 11 is 4.60. The quantitative estimate of drug-likeness (QED) is 0.174. The van der Waals surface area contributed by atoms with Gasteiger partial charge >= 0.3 is 0 Å². The van der Waals surface area contributed by atoms with Gasteiger partial charge in [-0.2, -0.15) is 5.10 Å². The smallest absolute Gasteiger partial charge is 0.247 e. The van der Waals surface area contributed by atoms with Gasteiger partial charge in [0.15, 0.2) is 0 Å². The Bertz CT molecular complexity index is 1100. The van der Waals surface area contributed by atoms with Crippen LogP contribution in [0.25, 0.3) is 0 Å². The zero-order chi connectivity index (χ0) is 22.8. The fourth-order valence-corrected chi connectivity index (χ4v) is 3.70. The number of nitrogen functional groups attached to an aromatic ring is 1. The molecule has 32 heavy (non-hydrogen) atoms.